The summed E-state index contributed by atoms with van der Waals surface area (Å²) in [5.74, 6) is -2.09. The first kappa shape index (κ1) is 13.7. The van der Waals surface area contributed by atoms with Crippen molar-refractivity contribution < 1.29 is 18.7 Å². The lowest BCUT2D eigenvalue weighted by Crippen LogP contribution is -2.34. The maximum atomic E-state index is 13.6. The summed E-state index contributed by atoms with van der Waals surface area (Å²) in [6, 6.07) is 2.01. The van der Waals surface area contributed by atoms with E-state index < -0.39 is 23.1 Å². The number of β-amino-alcohol motifs (C(OH)–C–C–N with tert-alkyl or cyclic N) is 1. The fraction of sp³-hybridized carbons (Fsp3) is 0.462. The van der Waals surface area contributed by atoms with Crippen molar-refractivity contribution in [2.45, 2.75) is 18.9 Å². The lowest BCUT2D eigenvalue weighted by molar-refractivity contribution is 0.0572. The zero-order valence-corrected chi connectivity index (χ0v) is 10.8. The minimum absolute atomic E-state index is 0.0494. The molecule has 0 aromatic heterocycles. The van der Waals surface area contributed by atoms with Gasteiger partial charge >= 0.3 is 0 Å². The quantitative estimate of drug-likeness (QED) is 0.858. The van der Waals surface area contributed by atoms with Gasteiger partial charge in [-0.15, -0.1) is 0 Å². The van der Waals surface area contributed by atoms with Crippen LogP contribution in [0.2, 0.25) is 0 Å². The summed E-state index contributed by atoms with van der Waals surface area (Å²) in [5.41, 5.74) is -1.24. The maximum Gasteiger partial charge on any atom is 0.254 e. The molecule has 104 valence electrons. The molecule has 2 N–H and O–H groups in total. The topological polar surface area (TPSA) is 52.6 Å². The normalized spacial score (nSPS) is 22.7. The molecule has 2 rings (SSSR count). The van der Waals surface area contributed by atoms with Crippen LogP contribution < -0.4 is 5.32 Å². The first-order chi connectivity index (χ1) is 8.84. The van der Waals surface area contributed by atoms with E-state index in [1.165, 1.54) is 11.9 Å². The molecule has 19 heavy (non-hydrogen) atoms. The summed E-state index contributed by atoms with van der Waals surface area (Å²) in [4.78, 5) is 13.5. The average molecular weight is 270 g/mol. The molecular formula is C13H16F2N2O2. The van der Waals surface area contributed by atoms with Gasteiger partial charge in [0.25, 0.3) is 5.91 Å². The van der Waals surface area contributed by atoms with E-state index in [-0.39, 0.29) is 17.8 Å². The Balaban J connectivity index is 2.26. The maximum absolute atomic E-state index is 13.6. The Kier molecular flexibility index (Phi) is 3.45. The van der Waals surface area contributed by atoms with E-state index in [1.807, 2.05) is 0 Å². The highest BCUT2D eigenvalue weighted by Gasteiger charge is 2.34. The largest absolute Gasteiger partial charge is 0.388 e. The van der Waals surface area contributed by atoms with Gasteiger partial charge in [0.05, 0.1) is 5.60 Å². The van der Waals surface area contributed by atoms with Gasteiger partial charge in [-0.25, -0.2) is 8.78 Å². The summed E-state index contributed by atoms with van der Waals surface area (Å²) in [5, 5.41) is 12.2. The molecule has 1 atom stereocenters. The number of aliphatic hydroxyl groups is 1. The molecule has 1 amide bonds. The lowest BCUT2D eigenvalue weighted by Gasteiger charge is -2.19. The Hall–Kier alpha value is -1.69. The molecule has 1 aromatic rings. The molecule has 6 heteroatoms. The highest BCUT2D eigenvalue weighted by atomic mass is 19.1. The van der Waals surface area contributed by atoms with Gasteiger partial charge in [-0.2, -0.15) is 0 Å². The van der Waals surface area contributed by atoms with E-state index >= 15 is 0 Å². The van der Waals surface area contributed by atoms with Gasteiger partial charge in [-0.1, -0.05) is 0 Å². The van der Waals surface area contributed by atoms with Crippen LogP contribution in [0.1, 0.15) is 23.7 Å². The van der Waals surface area contributed by atoms with Crippen LogP contribution in [-0.4, -0.2) is 41.7 Å². The number of likely N-dealkylation sites (tertiary alicyclic amines) is 1. The summed E-state index contributed by atoms with van der Waals surface area (Å²) < 4.78 is 27.2. The molecule has 1 saturated heterocycles. The molecule has 1 aliphatic heterocycles. The minimum Gasteiger partial charge on any atom is -0.388 e. The summed E-state index contributed by atoms with van der Waals surface area (Å²) in [7, 11) is 1.40. The minimum atomic E-state index is -0.933. The Morgan fingerprint density at radius 1 is 1.42 bits per heavy atom. The van der Waals surface area contributed by atoms with Crippen LogP contribution in [0.25, 0.3) is 0 Å². The highest BCUT2D eigenvalue weighted by Crippen LogP contribution is 2.25. The summed E-state index contributed by atoms with van der Waals surface area (Å²) in [6.07, 6.45) is 0.457. The van der Waals surface area contributed by atoms with Crippen molar-refractivity contribution in [1.29, 1.82) is 0 Å². The molecule has 0 aliphatic carbocycles. The molecule has 1 fully saturated rings. The third-order valence-electron chi connectivity index (χ3n) is 3.28. The third-order valence-corrected chi connectivity index (χ3v) is 3.28. The van der Waals surface area contributed by atoms with E-state index in [4.69, 9.17) is 0 Å². The first-order valence-corrected chi connectivity index (χ1v) is 6.02. The molecule has 0 bridgehead atoms. The Bertz CT molecular complexity index is 494. The van der Waals surface area contributed by atoms with Crippen molar-refractivity contribution in [3.63, 3.8) is 0 Å². The number of anilines is 1. The number of nitrogens with one attached hydrogen (secondary N) is 1. The Morgan fingerprint density at radius 3 is 2.42 bits per heavy atom. The van der Waals surface area contributed by atoms with E-state index in [0.717, 1.165) is 12.1 Å². The number of amides is 1. The van der Waals surface area contributed by atoms with Gasteiger partial charge in [0, 0.05) is 25.7 Å². The molecule has 4 nitrogen and oxygen atoms in total. The Labute approximate surface area is 110 Å². The molecule has 1 aliphatic rings. The van der Waals surface area contributed by atoms with Crippen molar-refractivity contribution in [1.82, 2.24) is 4.90 Å². The Morgan fingerprint density at radius 2 is 2.00 bits per heavy atom. The fourth-order valence-electron chi connectivity index (χ4n) is 2.24. The summed E-state index contributed by atoms with van der Waals surface area (Å²) >= 11 is 0. The molecule has 1 aromatic carbocycles. The highest BCUT2D eigenvalue weighted by molar-refractivity contribution is 5.95. The van der Waals surface area contributed by atoms with Crippen molar-refractivity contribution in [2.75, 3.05) is 25.5 Å². The van der Waals surface area contributed by atoms with Crippen molar-refractivity contribution >= 4 is 11.6 Å². The molecule has 0 radical (unpaired) electrons. The molecule has 0 spiro atoms. The van der Waals surface area contributed by atoms with Gasteiger partial charge in [0.15, 0.2) is 0 Å². The number of carbonyl (C=O) groups is 1. The zero-order chi connectivity index (χ0) is 14.2. The number of benzene rings is 1. The predicted molar refractivity (Wildman–Crippen MR) is 67.0 cm³/mol. The van der Waals surface area contributed by atoms with Crippen molar-refractivity contribution in [3.8, 4) is 0 Å². The van der Waals surface area contributed by atoms with Crippen LogP contribution >= 0.6 is 0 Å². The molecule has 1 heterocycles. The fourth-order valence-corrected chi connectivity index (χ4v) is 2.24. The second-order valence-corrected chi connectivity index (χ2v) is 5.04. The molecule has 1 unspecified atom stereocenters. The van der Waals surface area contributed by atoms with Crippen molar-refractivity contribution in [2.24, 2.45) is 0 Å². The number of halogens is 2. The van der Waals surface area contributed by atoms with E-state index in [1.54, 1.807) is 6.92 Å². The second kappa shape index (κ2) is 4.77. The van der Waals surface area contributed by atoms with Gasteiger partial charge in [-0.3, -0.25) is 4.79 Å². The second-order valence-electron chi connectivity index (χ2n) is 5.04. The first-order valence-electron chi connectivity index (χ1n) is 6.02. The van der Waals surface area contributed by atoms with Crippen LogP contribution in [0.15, 0.2) is 12.1 Å². The van der Waals surface area contributed by atoms with Gasteiger partial charge in [0.2, 0.25) is 0 Å². The monoisotopic (exact) mass is 270 g/mol. The van der Waals surface area contributed by atoms with Crippen LogP contribution in [0.5, 0.6) is 0 Å². The van der Waals surface area contributed by atoms with E-state index in [9.17, 15) is 18.7 Å². The van der Waals surface area contributed by atoms with E-state index in [2.05, 4.69) is 5.32 Å². The van der Waals surface area contributed by atoms with Crippen LogP contribution in [0.4, 0.5) is 14.5 Å². The van der Waals surface area contributed by atoms with Crippen molar-refractivity contribution in [3.05, 3.63) is 29.3 Å². The van der Waals surface area contributed by atoms with Gasteiger partial charge < -0.3 is 15.3 Å². The summed E-state index contributed by atoms with van der Waals surface area (Å²) in [6.45, 7) is 2.18. The van der Waals surface area contributed by atoms with E-state index in [0.29, 0.717) is 13.0 Å². The van der Waals surface area contributed by atoms with Gasteiger partial charge in [-0.05, 0) is 25.5 Å². The standard InChI is InChI=1S/C13H16F2N2O2/c1-13(19)3-4-17(7-13)12(18)8-5-9(14)11(16-2)10(15)6-8/h5-6,16,19H,3-4,7H2,1-2H3. The number of rotatable bonds is 2. The predicted octanol–water partition coefficient (Wildman–Crippen LogP) is 1.60. The average Bonchev–Trinajstić information content (AvgIpc) is 2.68. The number of hydrogen-bond donors (Lipinski definition) is 2. The number of hydrogen-bond acceptors (Lipinski definition) is 3. The smallest absolute Gasteiger partial charge is 0.254 e. The van der Waals surface area contributed by atoms with Crippen LogP contribution in [-0.2, 0) is 0 Å². The van der Waals surface area contributed by atoms with Crippen LogP contribution in [0, 0.1) is 11.6 Å². The molecular weight excluding hydrogens is 254 g/mol. The van der Waals surface area contributed by atoms with Crippen LogP contribution in [0.3, 0.4) is 0 Å². The SMILES string of the molecule is CNc1c(F)cc(C(=O)N2CCC(C)(O)C2)cc1F. The molecule has 0 saturated carbocycles. The lowest BCUT2D eigenvalue weighted by atomic mass is 10.1. The van der Waals surface area contributed by atoms with Gasteiger partial charge in [0.1, 0.15) is 17.3 Å². The number of carbonyl (C=O) groups excluding carboxylic acids is 1. The number of nitrogens with zero attached hydrogens (tertiary/aromatic N) is 1. The third kappa shape index (κ3) is 2.68. The zero-order valence-electron chi connectivity index (χ0n) is 10.8.